The van der Waals surface area contributed by atoms with Crippen molar-refractivity contribution in [1.82, 2.24) is 4.98 Å². The molecule has 1 fully saturated rings. The molecular formula is C14H22N2O. The van der Waals surface area contributed by atoms with Crippen LogP contribution < -0.4 is 4.90 Å². The molecule has 1 unspecified atom stereocenters. The van der Waals surface area contributed by atoms with Crippen molar-refractivity contribution < 1.29 is 5.11 Å². The number of rotatable bonds is 3. The Morgan fingerprint density at radius 1 is 1.35 bits per heavy atom. The molecule has 1 saturated heterocycles. The molecule has 0 aliphatic carbocycles. The van der Waals surface area contributed by atoms with E-state index in [4.69, 9.17) is 5.11 Å². The lowest BCUT2D eigenvalue weighted by molar-refractivity contribution is 0.281. The van der Waals surface area contributed by atoms with Crippen molar-refractivity contribution in [3.05, 3.63) is 23.9 Å². The van der Waals surface area contributed by atoms with Gasteiger partial charge in [-0.25, -0.2) is 4.98 Å². The van der Waals surface area contributed by atoms with Gasteiger partial charge in [0, 0.05) is 18.8 Å². The summed E-state index contributed by atoms with van der Waals surface area (Å²) >= 11 is 0. The maximum absolute atomic E-state index is 9.03. The molecule has 1 N–H and O–H groups in total. The van der Waals surface area contributed by atoms with Crippen molar-refractivity contribution in [2.45, 2.75) is 51.7 Å². The van der Waals surface area contributed by atoms with Crippen molar-refractivity contribution in [3.63, 3.8) is 0 Å². The fourth-order valence-electron chi connectivity index (χ4n) is 2.58. The molecule has 0 spiro atoms. The average Bonchev–Trinajstić information content (AvgIpc) is 2.64. The van der Waals surface area contributed by atoms with E-state index in [1.807, 2.05) is 12.1 Å². The quantitative estimate of drug-likeness (QED) is 0.873. The van der Waals surface area contributed by atoms with Crippen molar-refractivity contribution in [1.29, 1.82) is 0 Å². The van der Waals surface area contributed by atoms with Crippen LogP contribution in [0, 0.1) is 0 Å². The van der Waals surface area contributed by atoms with Crippen LogP contribution in [0.5, 0.6) is 0 Å². The molecule has 0 saturated carbocycles. The van der Waals surface area contributed by atoms with Crippen LogP contribution in [-0.2, 0) is 6.61 Å². The number of aromatic nitrogens is 1. The summed E-state index contributed by atoms with van der Waals surface area (Å²) in [4.78, 5) is 6.92. The Labute approximate surface area is 103 Å². The van der Waals surface area contributed by atoms with Gasteiger partial charge in [0.2, 0.25) is 0 Å². The van der Waals surface area contributed by atoms with E-state index in [1.54, 1.807) is 6.20 Å². The van der Waals surface area contributed by atoms with E-state index in [0.717, 1.165) is 17.9 Å². The summed E-state index contributed by atoms with van der Waals surface area (Å²) in [5.74, 6) is 1.07. The van der Waals surface area contributed by atoms with Gasteiger partial charge in [-0.3, -0.25) is 0 Å². The molecule has 94 valence electrons. The Hall–Kier alpha value is -1.09. The summed E-state index contributed by atoms with van der Waals surface area (Å²) in [7, 11) is 0. The number of nitrogens with zero attached hydrogens (tertiary/aromatic N) is 2. The lowest BCUT2D eigenvalue weighted by atomic mass is 10.1. The predicted octanol–water partition coefficient (Wildman–Crippen LogP) is 2.73. The van der Waals surface area contributed by atoms with Crippen LogP contribution in [0.2, 0.25) is 0 Å². The first-order valence-electron chi connectivity index (χ1n) is 6.67. The fraction of sp³-hybridized carbons (Fsp3) is 0.643. The second-order valence-electron chi connectivity index (χ2n) is 4.79. The number of pyridine rings is 1. The predicted molar refractivity (Wildman–Crippen MR) is 70.1 cm³/mol. The summed E-state index contributed by atoms with van der Waals surface area (Å²) in [5.41, 5.74) is 0.886. The standard InChI is InChI=1S/C14H22N2O/c1-2-13-6-4-3-5-9-16(13)14-8-7-12(11-17)10-15-14/h7-8,10,13,17H,2-6,9,11H2,1H3. The highest BCUT2D eigenvalue weighted by Crippen LogP contribution is 2.24. The molecule has 2 rings (SSSR count). The Kier molecular flexibility index (Phi) is 4.37. The van der Waals surface area contributed by atoms with Gasteiger partial charge in [-0.05, 0) is 30.9 Å². The van der Waals surface area contributed by atoms with Gasteiger partial charge in [-0.2, -0.15) is 0 Å². The summed E-state index contributed by atoms with van der Waals surface area (Å²) in [6.07, 6.45) is 8.18. The van der Waals surface area contributed by atoms with Gasteiger partial charge in [0.05, 0.1) is 6.61 Å². The summed E-state index contributed by atoms with van der Waals surface area (Å²) in [6.45, 7) is 3.44. The Morgan fingerprint density at radius 2 is 2.24 bits per heavy atom. The molecule has 3 nitrogen and oxygen atoms in total. The zero-order chi connectivity index (χ0) is 12.1. The number of hydrogen-bond donors (Lipinski definition) is 1. The first-order chi connectivity index (χ1) is 8.35. The van der Waals surface area contributed by atoms with E-state index in [2.05, 4.69) is 16.8 Å². The van der Waals surface area contributed by atoms with Crippen LogP contribution >= 0.6 is 0 Å². The molecular weight excluding hydrogens is 212 g/mol. The largest absolute Gasteiger partial charge is 0.392 e. The molecule has 17 heavy (non-hydrogen) atoms. The number of hydrogen-bond acceptors (Lipinski definition) is 3. The average molecular weight is 234 g/mol. The third-order valence-electron chi connectivity index (χ3n) is 3.63. The normalized spacial score (nSPS) is 21.3. The third kappa shape index (κ3) is 2.97. The van der Waals surface area contributed by atoms with Gasteiger partial charge in [0.1, 0.15) is 5.82 Å². The Morgan fingerprint density at radius 3 is 2.88 bits per heavy atom. The van der Waals surface area contributed by atoms with Crippen molar-refractivity contribution >= 4 is 5.82 Å². The second-order valence-corrected chi connectivity index (χ2v) is 4.79. The maximum atomic E-state index is 9.03. The van der Waals surface area contributed by atoms with E-state index < -0.39 is 0 Å². The smallest absolute Gasteiger partial charge is 0.128 e. The van der Waals surface area contributed by atoms with Crippen LogP contribution in [0.15, 0.2) is 18.3 Å². The molecule has 0 radical (unpaired) electrons. The first-order valence-corrected chi connectivity index (χ1v) is 6.67. The lowest BCUT2D eigenvalue weighted by Crippen LogP contribution is -2.34. The van der Waals surface area contributed by atoms with Crippen LogP contribution in [-0.4, -0.2) is 22.7 Å². The molecule has 1 atom stereocenters. The van der Waals surface area contributed by atoms with E-state index >= 15 is 0 Å². The SMILES string of the molecule is CCC1CCCCCN1c1ccc(CO)cn1. The van der Waals surface area contributed by atoms with Crippen LogP contribution in [0.4, 0.5) is 5.82 Å². The van der Waals surface area contributed by atoms with Gasteiger partial charge < -0.3 is 10.0 Å². The maximum Gasteiger partial charge on any atom is 0.128 e. The summed E-state index contributed by atoms with van der Waals surface area (Å²) in [5, 5.41) is 9.03. The van der Waals surface area contributed by atoms with Gasteiger partial charge in [0.15, 0.2) is 0 Å². The molecule has 1 aromatic rings. The van der Waals surface area contributed by atoms with Crippen molar-refractivity contribution in [2.75, 3.05) is 11.4 Å². The highest BCUT2D eigenvalue weighted by Gasteiger charge is 2.20. The topological polar surface area (TPSA) is 36.4 Å². The Bertz CT molecular complexity index is 337. The van der Waals surface area contributed by atoms with Gasteiger partial charge in [0.25, 0.3) is 0 Å². The van der Waals surface area contributed by atoms with Crippen molar-refractivity contribution in [3.8, 4) is 0 Å². The molecule has 1 aliphatic heterocycles. The minimum absolute atomic E-state index is 0.0739. The molecule has 1 aromatic heterocycles. The Balaban J connectivity index is 2.16. The fourth-order valence-corrected chi connectivity index (χ4v) is 2.58. The molecule has 3 heteroatoms. The molecule has 0 bridgehead atoms. The zero-order valence-corrected chi connectivity index (χ0v) is 10.6. The molecule has 0 amide bonds. The monoisotopic (exact) mass is 234 g/mol. The molecule has 1 aliphatic rings. The zero-order valence-electron chi connectivity index (χ0n) is 10.6. The molecule has 0 aromatic carbocycles. The summed E-state index contributed by atoms with van der Waals surface area (Å²) in [6, 6.07) is 4.64. The first kappa shape index (κ1) is 12.4. The minimum atomic E-state index is 0.0739. The van der Waals surface area contributed by atoms with Crippen LogP contribution in [0.25, 0.3) is 0 Å². The van der Waals surface area contributed by atoms with Crippen molar-refractivity contribution in [2.24, 2.45) is 0 Å². The highest BCUT2D eigenvalue weighted by atomic mass is 16.3. The van der Waals surface area contributed by atoms with Gasteiger partial charge >= 0.3 is 0 Å². The number of aliphatic hydroxyl groups excluding tert-OH is 1. The van der Waals surface area contributed by atoms with Crippen LogP contribution in [0.3, 0.4) is 0 Å². The van der Waals surface area contributed by atoms with E-state index in [1.165, 1.54) is 32.1 Å². The van der Waals surface area contributed by atoms with Gasteiger partial charge in [-0.15, -0.1) is 0 Å². The lowest BCUT2D eigenvalue weighted by Gasteiger charge is -2.30. The second kappa shape index (κ2) is 6.01. The van der Waals surface area contributed by atoms with E-state index in [-0.39, 0.29) is 6.61 Å². The summed E-state index contributed by atoms with van der Waals surface area (Å²) < 4.78 is 0. The third-order valence-corrected chi connectivity index (χ3v) is 3.63. The van der Waals surface area contributed by atoms with E-state index in [0.29, 0.717) is 6.04 Å². The molecule has 2 heterocycles. The highest BCUT2D eigenvalue weighted by molar-refractivity contribution is 5.40. The van der Waals surface area contributed by atoms with Gasteiger partial charge in [-0.1, -0.05) is 25.8 Å². The number of aliphatic hydroxyl groups is 1. The number of anilines is 1. The van der Waals surface area contributed by atoms with E-state index in [9.17, 15) is 0 Å². The minimum Gasteiger partial charge on any atom is -0.392 e. The van der Waals surface area contributed by atoms with Crippen LogP contribution in [0.1, 0.15) is 44.6 Å².